The molecule has 1 aromatic carbocycles. The Morgan fingerprint density at radius 3 is 2.63 bits per heavy atom. The minimum Gasteiger partial charge on any atom is -0.325 e. The van der Waals surface area contributed by atoms with E-state index in [1.807, 2.05) is 13.0 Å². The molecule has 27 heavy (non-hydrogen) atoms. The van der Waals surface area contributed by atoms with E-state index in [0.717, 1.165) is 28.3 Å². The van der Waals surface area contributed by atoms with E-state index in [0.29, 0.717) is 5.69 Å². The van der Waals surface area contributed by atoms with E-state index in [9.17, 15) is 22.8 Å². The molecule has 1 aliphatic heterocycles. The number of anilines is 1. The van der Waals surface area contributed by atoms with Gasteiger partial charge in [0.25, 0.3) is 5.91 Å². The van der Waals surface area contributed by atoms with Gasteiger partial charge in [-0.2, -0.15) is 18.3 Å². The van der Waals surface area contributed by atoms with Crippen molar-refractivity contribution in [1.29, 1.82) is 0 Å². The number of rotatable bonds is 5. The van der Waals surface area contributed by atoms with Gasteiger partial charge in [0.2, 0.25) is 5.91 Å². The third-order valence-corrected chi connectivity index (χ3v) is 4.93. The zero-order valence-corrected chi connectivity index (χ0v) is 15.3. The summed E-state index contributed by atoms with van der Waals surface area (Å²) >= 11 is 0. The topological polar surface area (TPSA) is 53.0 Å². The molecule has 0 N–H and O–H groups in total. The minimum atomic E-state index is -4.49. The van der Waals surface area contributed by atoms with Gasteiger partial charge in [0.1, 0.15) is 12.3 Å². The van der Waals surface area contributed by atoms with Crippen molar-refractivity contribution in [3.05, 3.63) is 29.8 Å². The lowest BCUT2D eigenvalue weighted by molar-refractivity contribution is -0.161. The largest absolute Gasteiger partial charge is 0.406 e. The average molecular weight is 381 g/mol. The Kier molecular flexibility index (Phi) is 5.26. The van der Waals surface area contributed by atoms with Crippen LogP contribution in [0, 0.1) is 12.8 Å². The van der Waals surface area contributed by atoms with Crippen LogP contribution in [0.5, 0.6) is 0 Å². The standard InChI is InChI=1S/C19H22F3N3O2/c1-12-4-3-5-15(10-12)25-17(26)9-8-16(23-25)18(27)24(11-19(20,21)22)13(2)14-6-7-14/h3-5,10,13-14H,6-9,11H2,1-2H3. The van der Waals surface area contributed by atoms with Gasteiger partial charge in [0.15, 0.2) is 0 Å². The molecule has 2 amide bonds. The molecule has 8 heteroatoms. The number of aryl methyl sites for hydroxylation is 1. The van der Waals surface area contributed by atoms with E-state index < -0.39 is 24.7 Å². The van der Waals surface area contributed by atoms with Gasteiger partial charge in [-0.1, -0.05) is 12.1 Å². The molecule has 0 radical (unpaired) electrons. The molecule has 1 aliphatic carbocycles. The van der Waals surface area contributed by atoms with Gasteiger partial charge in [-0.25, -0.2) is 5.01 Å². The molecule has 5 nitrogen and oxygen atoms in total. The van der Waals surface area contributed by atoms with Crippen molar-refractivity contribution in [3.8, 4) is 0 Å². The highest BCUT2D eigenvalue weighted by Crippen LogP contribution is 2.36. The molecule has 0 bridgehead atoms. The van der Waals surface area contributed by atoms with Crippen molar-refractivity contribution >= 4 is 23.2 Å². The molecule has 1 heterocycles. The third-order valence-electron chi connectivity index (χ3n) is 4.93. The zero-order valence-electron chi connectivity index (χ0n) is 15.3. The van der Waals surface area contributed by atoms with Crippen LogP contribution in [0.3, 0.4) is 0 Å². The van der Waals surface area contributed by atoms with Crippen LogP contribution in [-0.4, -0.2) is 41.2 Å². The highest BCUT2D eigenvalue weighted by molar-refractivity contribution is 6.40. The molecule has 3 rings (SSSR count). The molecular formula is C19H22F3N3O2. The number of hydrogen-bond donors (Lipinski definition) is 0. The number of nitrogens with zero attached hydrogens (tertiary/aromatic N) is 3. The van der Waals surface area contributed by atoms with Gasteiger partial charge in [-0.05, 0) is 50.3 Å². The predicted molar refractivity (Wildman–Crippen MR) is 95.3 cm³/mol. The Labute approximate surface area is 155 Å². The molecule has 1 fully saturated rings. The first-order chi connectivity index (χ1) is 12.7. The molecule has 1 aromatic rings. The number of benzene rings is 1. The molecule has 1 atom stereocenters. The maximum Gasteiger partial charge on any atom is 0.406 e. The van der Waals surface area contributed by atoms with Gasteiger partial charge >= 0.3 is 6.18 Å². The molecule has 0 spiro atoms. The molecule has 2 aliphatic rings. The van der Waals surface area contributed by atoms with E-state index in [2.05, 4.69) is 5.10 Å². The van der Waals surface area contributed by atoms with Crippen molar-refractivity contribution in [1.82, 2.24) is 4.90 Å². The number of carbonyl (C=O) groups is 2. The fraction of sp³-hybridized carbons (Fsp3) is 0.526. The van der Waals surface area contributed by atoms with Gasteiger partial charge in [-0.3, -0.25) is 9.59 Å². The van der Waals surface area contributed by atoms with Crippen LogP contribution in [0.15, 0.2) is 29.4 Å². The Balaban J connectivity index is 1.88. The SMILES string of the molecule is Cc1cccc(N2N=C(C(=O)N(CC(F)(F)F)C(C)C3CC3)CCC2=O)c1. The van der Waals surface area contributed by atoms with E-state index >= 15 is 0 Å². The summed E-state index contributed by atoms with van der Waals surface area (Å²) in [6.07, 6.45) is -2.76. The van der Waals surface area contributed by atoms with Crippen molar-refractivity contribution in [2.75, 3.05) is 11.6 Å². The third kappa shape index (κ3) is 4.67. The van der Waals surface area contributed by atoms with Crippen molar-refractivity contribution < 1.29 is 22.8 Å². The number of hydrogen-bond acceptors (Lipinski definition) is 3. The molecule has 0 saturated heterocycles. The number of halogens is 3. The summed E-state index contributed by atoms with van der Waals surface area (Å²) in [7, 11) is 0. The minimum absolute atomic E-state index is 0.00661. The summed E-state index contributed by atoms with van der Waals surface area (Å²) in [4.78, 5) is 26.0. The molecule has 146 valence electrons. The Hall–Kier alpha value is -2.38. The lowest BCUT2D eigenvalue weighted by Gasteiger charge is -2.32. The molecule has 1 unspecified atom stereocenters. The first-order valence-electron chi connectivity index (χ1n) is 9.00. The smallest absolute Gasteiger partial charge is 0.325 e. The van der Waals surface area contributed by atoms with Crippen LogP contribution in [0.4, 0.5) is 18.9 Å². The molecule has 0 aromatic heterocycles. The highest BCUT2D eigenvalue weighted by atomic mass is 19.4. The predicted octanol–water partition coefficient (Wildman–Crippen LogP) is 3.67. The average Bonchev–Trinajstić information content (AvgIpc) is 3.43. The summed E-state index contributed by atoms with van der Waals surface area (Å²) < 4.78 is 39.1. The quantitative estimate of drug-likeness (QED) is 0.782. The monoisotopic (exact) mass is 381 g/mol. The fourth-order valence-electron chi connectivity index (χ4n) is 3.26. The lowest BCUT2D eigenvalue weighted by Crippen LogP contribution is -2.49. The van der Waals surface area contributed by atoms with E-state index in [1.54, 1.807) is 25.1 Å². The number of alkyl halides is 3. The maximum absolute atomic E-state index is 13.0. The van der Waals surface area contributed by atoms with Crippen molar-refractivity contribution in [3.63, 3.8) is 0 Å². The maximum atomic E-state index is 13.0. The fourth-order valence-corrected chi connectivity index (χ4v) is 3.26. The first-order valence-corrected chi connectivity index (χ1v) is 9.00. The van der Waals surface area contributed by atoms with E-state index in [4.69, 9.17) is 0 Å². The van der Waals surface area contributed by atoms with Gasteiger partial charge in [0.05, 0.1) is 5.69 Å². The van der Waals surface area contributed by atoms with Gasteiger partial charge in [0, 0.05) is 18.9 Å². The van der Waals surface area contributed by atoms with Crippen molar-refractivity contribution in [2.24, 2.45) is 11.0 Å². The van der Waals surface area contributed by atoms with Crippen molar-refractivity contribution in [2.45, 2.75) is 51.7 Å². The first kappa shape index (κ1) is 19.4. The van der Waals surface area contributed by atoms with Crippen LogP contribution in [0.2, 0.25) is 0 Å². The van der Waals surface area contributed by atoms with E-state index in [1.165, 1.54) is 0 Å². The normalized spacial score (nSPS) is 18.9. The number of amides is 2. The lowest BCUT2D eigenvalue weighted by atomic mass is 10.1. The van der Waals surface area contributed by atoms with Crippen LogP contribution in [-0.2, 0) is 9.59 Å². The van der Waals surface area contributed by atoms with Crippen LogP contribution >= 0.6 is 0 Å². The number of hydrazone groups is 1. The summed E-state index contributed by atoms with van der Waals surface area (Å²) in [5, 5.41) is 5.25. The second kappa shape index (κ2) is 7.32. The Bertz CT molecular complexity index is 772. The Morgan fingerprint density at radius 1 is 1.33 bits per heavy atom. The summed E-state index contributed by atoms with van der Waals surface area (Å²) in [6, 6.07) is 6.54. The molecular weight excluding hydrogens is 359 g/mol. The summed E-state index contributed by atoms with van der Waals surface area (Å²) in [5.41, 5.74) is 1.41. The second-order valence-electron chi connectivity index (χ2n) is 7.22. The highest BCUT2D eigenvalue weighted by Gasteiger charge is 2.42. The van der Waals surface area contributed by atoms with Crippen LogP contribution in [0.1, 0.15) is 38.2 Å². The van der Waals surface area contributed by atoms with Crippen LogP contribution in [0.25, 0.3) is 0 Å². The Morgan fingerprint density at radius 2 is 2.04 bits per heavy atom. The van der Waals surface area contributed by atoms with E-state index in [-0.39, 0.29) is 30.4 Å². The van der Waals surface area contributed by atoms with Crippen LogP contribution < -0.4 is 5.01 Å². The summed E-state index contributed by atoms with van der Waals surface area (Å²) in [6.45, 7) is 2.20. The van der Waals surface area contributed by atoms with Gasteiger partial charge < -0.3 is 4.90 Å². The van der Waals surface area contributed by atoms with Gasteiger partial charge in [-0.15, -0.1) is 0 Å². The zero-order chi connectivity index (χ0) is 19.8. The number of carbonyl (C=O) groups excluding carboxylic acids is 2. The molecule has 1 saturated carbocycles. The second-order valence-corrected chi connectivity index (χ2v) is 7.22. The summed E-state index contributed by atoms with van der Waals surface area (Å²) in [5.74, 6) is -0.929.